The monoisotopic (exact) mass is 332 g/mol. The van der Waals surface area contributed by atoms with Crippen LogP contribution in [-0.4, -0.2) is 22.8 Å². The third-order valence-corrected chi connectivity index (χ3v) is 3.41. The fourth-order valence-electron chi connectivity index (χ4n) is 1.75. The highest BCUT2D eigenvalue weighted by Gasteiger charge is 2.11. The molecule has 1 rings (SSSR count). The fraction of sp³-hybridized carbons (Fsp3) is 0.538. The average Bonchev–Trinajstić information content (AvgIpc) is 2.37. The van der Waals surface area contributed by atoms with Crippen molar-refractivity contribution < 1.29 is 4.79 Å². The second-order valence-electron chi connectivity index (χ2n) is 4.20. The van der Waals surface area contributed by atoms with E-state index in [1.54, 1.807) is 12.1 Å². The zero-order valence-corrected chi connectivity index (χ0v) is 12.8. The molecule has 1 atom stereocenters. The van der Waals surface area contributed by atoms with Crippen LogP contribution in [0.15, 0.2) is 18.3 Å². The molecule has 5 heteroatoms. The van der Waals surface area contributed by atoms with E-state index in [4.69, 9.17) is 11.6 Å². The second-order valence-corrected chi connectivity index (χ2v) is 5.43. The first-order valence-electron chi connectivity index (χ1n) is 6.13. The van der Waals surface area contributed by atoms with Crippen LogP contribution in [0.4, 0.5) is 0 Å². The molecule has 1 aromatic heterocycles. The van der Waals surface area contributed by atoms with Gasteiger partial charge in [0.2, 0.25) is 0 Å². The molecule has 1 N–H and O–H groups in total. The minimum absolute atomic E-state index is 0.137. The molecule has 1 aromatic rings. The Balaban J connectivity index is 2.46. The van der Waals surface area contributed by atoms with E-state index in [0.717, 1.165) is 24.6 Å². The van der Waals surface area contributed by atoms with Gasteiger partial charge in [0, 0.05) is 18.1 Å². The van der Waals surface area contributed by atoms with Crippen LogP contribution in [0.3, 0.4) is 0 Å². The first-order valence-corrected chi connectivity index (χ1v) is 7.63. The minimum Gasteiger partial charge on any atom is -0.350 e. The summed E-state index contributed by atoms with van der Waals surface area (Å²) in [5.41, 5.74) is 0.411. The van der Waals surface area contributed by atoms with Crippen molar-refractivity contribution in [3.63, 3.8) is 0 Å². The zero-order valence-electron chi connectivity index (χ0n) is 10.5. The van der Waals surface area contributed by atoms with E-state index in [9.17, 15) is 4.79 Å². The second kappa shape index (κ2) is 8.48. The van der Waals surface area contributed by atoms with Crippen LogP contribution in [0, 0.1) is 5.92 Å². The molecule has 0 aliphatic rings. The number of carbonyl (C=O) groups excluding carboxylic acids is 1. The molecule has 1 amide bonds. The molecule has 0 aliphatic carbocycles. The normalized spacial score (nSPS) is 12.2. The van der Waals surface area contributed by atoms with Gasteiger partial charge in [0.05, 0.1) is 5.02 Å². The van der Waals surface area contributed by atoms with E-state index < -0.39 is 0 Å². The predicted molar refractivity (Wildman–Crippen MR) is 78.4 cm³/mol. The maximum absolute atomic E-state index is 11.8. The van der Waals surface area contributed by atoms with Crippen LogP contribution in [-0.2, 0) is 0 Å². The van der Waals surface area contributed by atoms with Crippen molar-refractivity contribution in [2.45, 2.75) is 26.2 Å². The van der Waals surface area contributed by atoms with Gasteiger partial charge in [-0.1, -0.05) is 40.9 Å². The van der Waals surface area contributed by atoms with Gasteiger partial charge in [-0.3, -0.25) is 4.79 Å². The lowest BCUT2D eigenvalue weighted by Gasteiger charge is -2.15. The highest BCUT2D eigenvalue weighted by atomic mass is 79.9. The topological polar surface area (TPSA) is 42.0 Å². The van der Waals surface area contributed by atoms with Gasteiger partial charge in [-0.25, -0.2) is 4.98 Å². The third kappa shape index (κ3) is 5.36. The molecule has 0 radical (unpaired) electrons. The minimum atomic E-state index is -0.137. The average molecular weight is 334 g/mol. The van der Waals surface area contributed by atoms with E-state index in [2.05, 4.69) is 33.2 Å². The molecular formula is C13H18BrClN2O. The summed E-state index contributed by atoms with van der Waals surface area (Å²) in [5.74, 6) is 0.382. The Kier molecular flexibility index (Phi) is 7.28. The molecule has 0 saturated heterocycles. The van der Waals surface area contributed by atoms with Crippen molar-refractivity contribution in [2.75, 3.05) is 11.9 Å². The number of hydrogen-bond acceptors (Lipinski definition) is 2. The summed E-state index contributed by atoms with van der Waals surface area (Å²) in [6.07, 6.45) is 4.81. The van der Waals surface area contributed by atoms with Crippen LogP contribution in [0.1, 0.15) is 36.7 Å². The Morgan fingerprint density at radius 1 is 1.50 bits per heavy atom. The van der Waals surface area contributed by atoms with Crippen LogP contribution in [0.2, 0.25) is 5.02 Å². The summed E-state index contributed by atoms with van der Waals surface area (Å²) in [5, 5.41) is 4.42. The molecule has 100 valence electrons. The molecule has 0 bridgehead atoms. The molecule has 1 heterocycles. The maximum atomic E-state index is 11.8. The zero-order chi connectivity index (χ0) is 13.4. The van der Waals surface area contributed by atoms with Gasteiger partial charge in [-0.15, -0.1) is 0 Å². The SMILES string of the molecule is CCCC(CCBr)CNC(=O)c1ccc(Cl)cn1. The number of halogens is 2. The van der Waals surface area contributed by atoms with Gasteiger partial charge < -0.3 is 5.32 Å². The number of rotatable bonds is 7. The highest BCUT2D eigenvalue weighted by Crippen LogP contribution is 2.12. The Hall–Kier alpha value is -0.610. The first kappa shape index (κ1) is 15.4. The van der Waals surface area contributed by atoms with Crippen LogP contribution in [0.5, 0.6) is 0 Å². The number of amides is 1. The number of nitrogens with one attached hydrogen (secondary N) is 1. The number of aromatic nitrogens is 1. The third-order valence-electron chi connectivity index (χ3n) is 2.73. The summed E-state index contributed by atoms with van der Waals surface area (Å²) in [6, 6.07) is 3.31. The Bertz CT molecular complexity index is 364. The van der Waals surface area contributed by atoms with E-state index >= 15 is 0 Å². The van der Waals surface area contributed by atoms with Crippen molar-refractivity contribution in [1.82, 2.24) is 10.3 Å². The van der Waals surface area contributed by atoms with Gasteiger partial charge in [0.25, 0.3) is 5.91 Å². The van der Waals surface area contributed by atoms with Gasteiger partial charge in [0.15, 0.2) is 0 Å². The Morgan fingerprint density at radius 2 is 2.28 bits per heavy atom. The molecule has 1 unspecified atom stereocenters. The van der Waals surface area contributed by atoms with Crippen molar-refractivity contribution in [1.29, 1.82) is 0 Å². The van der Waals surface area contributed by atoms with E-state index in [-0.39, 0.29) is 5.91 Å². The fourth-order valence-corrected chi connectivity index (χ4v) is 2.51. The molecule has 18 heavy (non-hydrogen) atoms. The maximum Gasteiger partial charge on any atom is 0.269 e. The number of alkyl halides is 1. The Morgan fingerprint density at radius 3 is 2.83 bits per heavy atom. The van der Waals surface area contributed by atoms with Crippen LogP contribution >= 0.6 is 27.5 Å². The molecular weight excluding hydrogens is 316 g/mol. The summed E-state index contributed by atoms with van der Waals surface area (Å²) < 4.78 is 0. The van der Waals surface area contributed by atoms with Crippen molar-refractivity contribution in [3.05, 3.63) is 29.0 Å². The molecule has 0 saturated carbocycles. The van der Waals surface area contributed by atoms with Crippen LogP contribution in [0.25, 0.3) is 0 Å². The summed E-state index contributed by atoms with van der Waals surface area (Å²) in [4.78, 5) is 15.8. The van der Waals surface area contributed by atoms with Gasteiger partial charge in [0.1, 0.15) is 5.69 Å². The van der Waals surface area contributed by atoms with Crippen molar-refractivity contribution in [2.24, 2.45) is 5.92 Å². The van der Waals surface area contributed by atoms with Gasteiger partial charge in [-0.2, -0.15) is 0 Å². The summed E-state index contributed by atoms with van der Waals surface area (Å²) in [7, 11) is 0. The lowest BCUT2D eigenvalue weighted by atomic mass is 10.0. The first-order chi connectivity index (χ1) is 8.67. The number of pyridine rings is 1. The largest absolute Gasteiger partial charge is 0.350 e. The summed E-state index contributed by atoms with van der Waals surface area (Å²) in [6.45, 7) is 2.85. The number of carbonyl (C=O) groups is 1. The van der Waals surface area contributed by atoms with E-state index in [0.29, 0.717) is 23.2 Å². The van der Waals surface area contributed by atoms with Gasteiger partial charge >= 0.3 is 0 Å². The lowest BCUT2D eigenvalue weighted by Crippen LogP contribution is -2.30. The van der Waals surface area contributed by atoms with Crippen molar-refractivity contribution >= 4 is 33.4 Å². The molecule has 3 nitrogen and oxygen atoms in total. The summed E-state index contributed by atoms with van der Waals surface area (Å²) >= 11 is 9.17. The predicted octanol–water partition coefficient (Wildman–Crippen LogP) is 3.67. The molecule has 0 spiro atoms. The number of nitrogens with zero attached hydrogens (tertiary/aromatic N) is 1. The molecule has 0 aliphatic heterocycles. The van der Waals surface area contributed by atoms with Crippen LogP contribution < -0.4 is 5.32 Å². The van der Waals surface area contributed by atoms with E-state index in [1.165, 1.54) is 6.20 Å². The molecule has 0 aromatic carbocycles. The lowest BCUT2D eigenvalue weighted by molar-refractivity contribution is 0.0941. The van der Waals surface area contributed by atoms with Crippen molar-refractivity contribution in [3.8, 4) is 0 Å². The smallest absolute Gasteiger partial charge is 0.269 e. The quantitative estimate of drug-likeness (QED) is 0.774. The highest BCUT2D eigenvalue weighted by molar-refractivity contribution is 9.09. The number of hydrogen-bond donors (Lipinski definition) is 1. The van der Waals surface area contributed by atoms with Gasteiger partial charge in [-0.05, 0) is 30.9 Å². The van der Waals surface area contributed by atoms with E-state index in [1.807, 2.05) is 0 Å². The molecule has 0 fully saturated rings. The Labute approximate surface area is 121 Å². The standard InChI is InChI=1S/C13H18BrClN2O/c1-2-3-10(6-7-14)8-17-13(18)12-5-4-11(15)9-16-12/h4-5,9-10H,2-3,6-8H2,1H3,(H,17,18).